The highest BCUT2D eigenvalue weighted by Gasteiger charge is 2.12. The first-order chi connectivity index (χ1) is 10.0. The maximum absolute atomic E-state index is 11.4. The molecule has 6 heteroatoms. The molecule has 1 heterocycles. The molecule has 0 saturated carbocycles. The zero-order valence-electron chi connectivity index (χ0n) is 12.5. The molecule has 2 rings (SSSR count). The van der Waals surface area contributed by atoms with Gasteiger partial charge in [0.1, 0.15) is 0 Å². The summed E-state index contributed by atoms with van der Waals surface area (Å²) in [5.74, 6) is -0.458. The third-order valence-corrected chi connectivity index (χ3v) is 3.06. The van der Waals surface area contributed by atoms with Gasteiger partial charge < -0.3 is 15.8 Å². The van der Waals surface area contributed by atoms with Crippen molar-refractivity contribution in [2.24, 2.45) is 5.73 Å². The van der Waals surface area contributed by atoms with Crippen LogP contribution in [0.2, 0.25) is 0 Å². The van der Waals surface area contributed by atoms with E-state index in [9.17, 15) is 4.79 Å². The zero-order valence-corrected chi connectivity index (χ0v) is 12.5. The largest absolute Gasteiger partial charge is 0.383 e. The highest BCUT2D eigenvalue weighted by molar-refractivity contribution is 5.94. The van der Waals surface area contributed by atoms with Crippen molar-refractivity contribution in [2.45, 2.75) is 19.9 Å². The third kappa shape index (κ3) is 3.61. The number of carbonyl (C=O) groups excluding carboxylic acids is 1. The van der Waals surface area contributed by atoms with E-state index in [1.165, 1.54) is 0 Å². The molecule has 0 bridgehead atoms. The van der Waals surface area contributed by atoms with Crippen molar-refractivity contribution in [3.8, 4) is 5.69 Å². The molecule has 2 aromatic rings. The number of nitrogens with two attached hydrogens (primary N) is 1. The standard InChI is InChI=1S/C15H20N4O2/c1-10-7-17-19(8-10)14-5-4-12(15(16)20)6-13(14)18-11(2)9-21-3/h4-8,11,18H,9H2,1-3H3,(H2,16,20)/t11-/m1/s1. The third-order valence-electron chi connectivity index (χ3n) is 3.06. The Balaban J connectivity index is 2.41. The van der Waals surface area contributed by atoms with Crippen LogP contribution in [-0.4, -0.2) is 35.4 Å². The van der Waals surface area contributed by atoms with Crippen LogP contribution in [-0.2, 0) is 4.74 Å². The van der Waals surface area contributed by atoms with Crippen LogP contribution < -0.4 is 11.1 Å². The fourth-order valence-corrected chi connectivity index (χ4v) is 2.11. The molecule has 112 valence electrons. The molecule has 3 N–H and O–H groups in total. The van der Waals surface area contributed by atoms with E-state index in [0.29, 0.717) is 12.2 Å². The number of benzene rings is 1. The zero-order chi connectivity index (χ0) is 15.4. The van der Waals surface area contributed by atoms with E-state index in [4.69, 9.17) is 10.5 Å². The van der Waals surface area contributed by atoms with E-state index >= 15 is 0 Å². The molecule has 0 saturated heterocycles. The predicted octanol–water partition coefficient (Wildman–Crippen LogP) is 1.73. The van der Waals surface area contributed by atoms with Crippen molar-refractivity contribution in [3.05, 3.63) is 41.7 Å². The van der Waals surface area contributed by atoms with Crippen LogP contribution in [0.3, 0.4) is 0 Å². The molecule has 0 aliphatic rings. The summed E-state index contributed by atoms with van der Waals surface area (Å²) < 4.78 is 6.89. The van der Waals surface area contributed by atoms with Gasteiger partial charge in [0.15, 0.2) is 0 Å². The molecule has 0 radical (unpaired) electrons. The maximum Gasteiger partial charge on any atom is 0.248 e. The lowest BCUT2D eigenvalue weighted by Gasteiger charge is -2.18. The molecule has 1 aromatic carbocycles. The minimum absolute atomic E-state index is 0.0912. The molecular formula is C15H20N4O2. The Kier molecular flexibility index (Phi) is 4.59. The molecule has 1 amide bonds. The molecule has 1 atom stereocenters. The summed E-state index contributed by atoms with van der Waals surface area (Å²) in [5, 5.41) is 7.62. The van der Waals surface area contributed by atoms with Crippen LogP contribution in [0.1, 0.15) is 22.8 Å². The van der Waals surface area contributed by atoms with Crippen LogP contribution in [0.25, 0.3) is 5.69 Å². The first kappa shape index (κ1) is 15.1. The highest BCUT2D eigenvalue weighted by Crippen LogP contribution is 2.23. The minimum Gasteiger partial charge on any atom is -0.383 e. The smallest absolute Gasteiger partial charge is 0.248 e. The van der Waals surface area contributed by atoms with Gasteiger partial charge in [0.2, 0.25) is 5.91 Å². The Morgan fingerprint density at radius 3 is 2.86 bits per heavy atom. The van der Waals surface area contributed by atoms with Crippen LogP contribution in [0.15, 0.2) is 30.6 Å². The van der Waals surface area contributed by atoms with Gasteiger partial charge in [-0.1, -0.05) is 0 Å². The van der Waals surface area contributed by atoms with Crippen molar-refractivity contribution >= 4 is 11.6 Å². The number of anilines is 1. The summed E-state index contributed by atoms with van der Waals surface area (Å²) in [6.07, 6.45) is 3.70. The number of rotatable bonds is 6. The van der Waals surface area contributed by atoms with E-state index in [0.717, 1.165) is 16.9 Å². The number of carbonyl (C=O) groups is 1. The Morgan fingerprint density at radius 2 is 2.29 bits per heavy atom. The molecule has 21 heavy (non-hydrogen) atoms. The normalized spacial score (nSPS) is 12.1. The molecule has 0 spiro atoms. The topological polar surface area (TPSA) is 82.2 Å². The molecule has 0 aliphatic carbocycles. The van der Waals surface area contributed by atoms with E-state index < -0.39 is 5.91 Å². The van der Waals surface area contributed by atoms with Gasteiger partial charge in [-0.05, 0) is 37.6 Å². The van der Waals surface area contributed by atoms with Gasteiger partial charge in [-0.15, -0.1) is 0 Å². The summed E-state index contributed by atoms with van der Waals surface area (Å²) in [6, 6.07) is 5.35. The van der Waals surface area contributed by atoms with Crippen LogP contribution >= 0.6 is 0 Å². The van der Waals surface area contributed by atoms with E-state index in [1.807, 2.05) is 26.1 Å². The molecule has 0 aliphatic heterocycles. The number of hydrogen-bond acceptors (Lipinski definition) is 4. The van der Waals surface area contributed by atoms with Gasteiger partial charge in [0.05, 0.1) is 24.2 Å². The number of ether oxygens (including phenoxy) is 1. The van der Waals surface area contributed by atoms with Crippen LogP contribution in [0.5, 0.6) is 0 Å². The van der Waals surface area contributed by atoms with E-state index in [2.05, 4.69) is 10.4 Å². The molecular weight excluding hydrogens is 268 g/mol. The average Bonchev–Trinajstić information content (AvgIpc) is 2.85. The van der Waals surface area contributed by atoms with Gasteiger partial charge in [-0.3, -0.25) is 4.79 Å². The summed E-state index contributed by atoms with van der Waals surface area (Å²) in [4.78, 5) is 11.4. The number of aryl methyl sites for hydroxylation is 1. The van der Waals surface area contributed by atoms with Crippen LogP contribution in [0.4, 0.5) is 5.69 Å². The fraction of sp³-hybridized carbons (Fsp3) is 0.333. The number of methoxy groups -OCH3 is 1. The second-order valence-corrected chi connectivity index (χ2v) is 5.06. The fourth-order valence-electron chi connectivity index (χ4n) is 2.11. The van der Waals surface area contributed by atoms with Crippen molar-refractivity contribution in [1.29, 1.82) is 0 Å². The second kappa shape index (κ2) is 6.41. The Labute approximate surface area is 123 Å². The summed E-state index contributed by atoms with van der Waals surface area (Å²) in [5.41, 5.74) is 8.51. The van der Waals surface area contributed by atoms with Crippen molar-refractivity contribution in [3.63, 3.8) is 0 Å². The number of nitrogens with one attached hydrogen (secondary N) is 1. The van der Waals surface area contributed by atoms with Gasteiger partial charge in [-0.2, -0.15) is 5.10 Å². The van der Waals surface area contributed by atoms with Gasteiger partial charge in [-0.25, -0.2) is 4.68 Å². The molecule has 6 nitrogen and oxygen atoms in total. The highest BCUT2D eigenvalue weighted by atomic mass is 16.5. The van der Waals surface area contributed by atoms with E-state index in [1.54, 1.807) is 30.1 Å². The number of primary amides is 1. The first-order valence-electron chi connectivity index (χ1n) is 6.72. The first-order valence-corrected chi connectivity index (χ1v) is 6.72. The molecule has 0 unspecified atom stereocenters. The Morgan fingerprint density at radius 1 is 1.52 bits per heavy atom. The maximum atomic E-state index is 11.4. The number of aromatic nitrogens is 2. The summed E-state index contributed by atoms with van der Waals surface area (Å²) in [6.45, 7) is 4.53. The van der Waals surface area contributed by atoms with Crippen molar-refractivity contribution in [1.82, 2.24) is 9.78 Å². The van der Waals surface area contributed by atoms with Crippen molar-refractivity contribution < 1.29 is 9.53 Å². The Bertz CT molecular complexity index is 636. The lowest BCUT2D eigenvalue weighted by atomic mass is 10.1. The average molecular weight is 288 g/mol. The van der Waals surface area contributed by atoms with Gasteiger partial charge >= 0.3 is 0 Å². The SMILES string of the molecule is COC[C@@H](C)Nc1cc(C(N)=O)ccc1-n1cc(C)cn1. The molecule has 1 aromatic heterocycles. The van der Waals surface area contributed by atoms with Gasteiger partial charge in [0, 0.05) is 24.9 Å². The number of amides is 1. The number of nitrogens with zero attached hydrogens (tertiary/aromatic N) is 2. The molecule has 0 fully saturated rings. The minimum atomic E-state index is -0.458. The number of hydrogen-bond donors (Lipinski definition) is 2. The van der Waals surface area contributed by atoms with Crippen molar-refractivity contribution in [2.75, 3.05) is 19.0 Å². The second-order valence-electron chi connectivity index (χ2n) is 5.06. The predicted molar refractivity (Wildman–Crippen MR) is 81.8 cm³/mol. The quantitative estimate of drug-likeness (QED) is 0.848. The lowest BCUT2D eigenvalue weighted by Crippen LogP contribution is -2.22. The monoisotopic (exact) mass is 288 g/mol. The van der Waals surface area contributed by atoms with Crippen LogP contribution in [0, 0.1) is 6.92 Å². The summed E-state index contributed by atoms with van der Waals surface area (Å²) >= 11 is 0. The lowest BCUT2D eigenvalue weighted by molar-refractivity contribution is 0.100. The van der Waals surface area contributed by atoms with Gasteiger partial charge in [0.25, 0.3) is 0 Å². The van der Waals surface area contributed by atoms with E-state index in [-0.39, 0.29) is 6.04 Å². The summed E-state index contributed by atoms with van der Waals surface area (Å²) in [7, 11) is 1.65. The Hall–Kier alpha value is -2.34.